The summed E-state index contributed by atoms with van der Waals surface area (Å²) in [5.74, 6) is 0.380. The zero-order chi connectivity index (χ0) is 18.7. The number of nitro benzene ring substituents is 1. The number of ether oxygens (including phenoxy) is 3. The van der Waals surface area contributed by atoms with E-state index >= 15 is 0 Å². The second-order valence-electron chi connectivity index (χ2n) is 5.22. The number of nitrogens with zero attached hydrogens (tertiary/aromatic N) is 2. The third-order valence-electron chi connectivity index (χ3n) is 3.68. The minimum absolute atomic E-state index is 0.0240. The zero-order valence-corrected chi connectivity index (χ0v) is 14.0. The average molecular weight is 354 g/mol. The fourth-order valence-electron chi connectivity index (χ4n) is 2.43. The smallest absolute Gasteiger partial charge is 0.363 e. The van der Waals surface area contributed by atoms with E-state index in [9.17, 15) is 14.9 Å². The number of esters is 1. The average Bonchev–Trinajstić information content (AvgIpc) is 3.02. The van der Waals surface area contributed by atoms with Crippen molar-refractivity contribution in [2.75, 3.05) is 14.2 Å². The van der Waals surface area contributed by atoms with Gasteiger partial charge in [0.1, 0.15) is 0 Å². The van der Waals surface area contributed by atoms with E-state index in [1.54, 1.807) is 30.3 Å². The summed E-state index contributed by atoms with van der Waals surface area (Å²) >= 11 is 0. The first-order valence-corrected chi connectivity index (χ1v) is 7.52. The van der Waals surface area contributed by atoms with E-state index in [0.29, 0.717) is 17.1 Å². The molecule has 8 nitrogen and oxygen atoms in total. The number of carbonyl (C=O) groups is 1. The Hall–Kier alpha value is -3.68. The van der Waals surface area contributed by atoms with E-state index in [4.69, 9.17) is 14.2 Å². The van der Waals surface area contributed by atoms with Crippen molar-refractivity contribution in [2.45, 2.75) is 0 Å². The van der Waals surface area contributed by atoms with Crippen LogP contribution in [0.25, 0.3) is 6.08 Å². The highest BCUT2D eigenvalue weighted by molar-refractivity contribution is 6.13. The predicted molar refractivity (Wildman–Crippen MR) is 93.2 cm³/mol. The molecule has 3 rings (SSSR count). The summed E-state index contributed by atoms with van der Waals surface area (Å²) in [4.78, 5) is 26.8. The highest BCUT2D eigenvalue weighted by Gasteiger charge is 2.26. The van der Waals surface area contributed by atoms with E-state index in [2.05, 4.69) is 4.99 Å². The lowest BCUT2D eigenvalue weighted by molar-refractivity contribution is -0.385. The van der Waals surface area contributed by atoms with Crippen molar-refractivity contribution in [3.05, 3.63) is 69.4 Å². The van der Waals surface area contributed by atoms with Gasteiger partial charge in [0.25, 0.3) is 5.69 Å². The van der Waals surface area contributed by atoms with Gasteiger partial charge in [0.2, 0.25) is 5.90 Å². The Morgan fingerprint density at radius 3 is 2.54 bits per heavy atom. The van der Waals surface area contributed by atoms with Crippen molar-refractivity contribution in [3.8, 4) is 11.5 Å². The molecule has 0 fully saturated rings. The van der Waals surface area contributed by atoms with Crippen molar-refractivity contribution >= 4 is 23.6 Å². The van der Waals surface area contributed by atoms with E-state index in [1.807, 2.05) is 0 Å². The van der Waals surface area contributed by atoms with Crippen molar-refractivity contribution in [1.82, 2.24) is 0 Å². The maximum atomic E-state index is 12.1. The number of rotatable bonds is 5. The molecule has 2 aromatic rings. The van der Waals surface area contributed by atoms with Crippen molar-refractivity contribution in [1.29, 1.82) is 0 Å². The Balaban J connectivity index is 1.99. The van der Waals surface area contributed by atoms with Gasteiger partial charge in [0.05, 0.1) is 24.7 Å². The number of aliphatic imine (C=N–C) groups is 1. The summed E-state index contributed by atoms with van der Waals surface area (Å²) in [6.45, 7) is 0. The number of para-hydroxylation sites is 1. The number of hydrogen-bond acceptors (Lipinski definition) is 7. The summed E-state index contributed by atoms with van der Waals surface area (Å²) in [6, 6.07) is 11.0. The molecule has 0 N–H and O–H groups in total. The molecule has 2 aromatic carbocycles. The fraction of sp³-hybridized carbons (Fsp3) is 0.111. The van der Waals surface area contributed by atoms with Crippen LogP contribution in [0.3, 0.4) is 0 Å². The largest absolute Gasteiger partial charge is 0.493 e. The molecular weight excluding hydrogens is 340 g/mol. The molecule has 0 amide bonds. The number of benzene rings is 2. The molecule has 0 spiro atoms. The highest BCUT2D eigenvalue weighted by atomic mass is 16.6. The molecule has 0 saturated heterocycles. The van der Waals surface area contributed by atoms with Crippen LogP contribution in [-0.2, 0) is 9.53 Å². The van der Waals surface area contributed by atoms with Crippen molar-refractivity contribution < 1.29 is 23.9 Å². The topological polar surface area (TPSA) is 100 Å². The molecule has 1 aliphatic heterocycles. The van der Waals surface area contributed by atoms with Gasteiger partial charge in [0, 0.05) is 11.6 Å². The number of carbonyl (C=O) groups excluding carboxylic acids is 1. The summed E-state index contributed by atoms with van der Waals surface area (Å²) in [7, 11) is 3.00. The van der Waals surface area contributed by atoms with Crippen molar-refractivity contribution in [3.63, 3.8) is 0 Å². The van der Waals surface area contributed by atoms with Gasteiger partial charge in [-0.1, -0.05) is 12.1 Å². The van der Waals surface area contributed by atoms with Gasteiger partial charge >= 0.3 is 5.97 Å². The van der Waals surface area contributed by atoms with E-state index in [1.165, 1.54) is 32.4 Å². The minimum atomic E-state index is -0.687. The van der Waals surface area contributed by atoms with Gasteiger partial charge in [-0.3, -0.25) is 10.1 Å². The Morgan fingerprint density at radius 1 is 1.12 bits per heavy atom. The van der Waals surface area contributed by atoms with Crippen LogP contribution >= 0.6 is 0 Å². The van der Waals surface area contributed by atoms with Gasteiger partial charge in [-0.15, -0.1) is 0 Å². The zero-order valence-electron chi connectivity index (χ0n) is 14.0. The van der Waals surface area contributed by atoms with Crippen LogP contribution in [-0.4, -0.2) is 31.0 Å². The molecule has 0 unspecified atom stereocenters. The molecule has 0 saturated carbocycles. The molecular formula is C18H14N2O6. The predicted octanol–water partition coefficient (Wildman–Crippen LogP) is 2.96. The Morgan fingerprint density at radius 2 is 1.85 bits per heavy atom. The molecule has 0 bridgehead atoms. The molecule has 0 aromatic heterocycles. The van der Waals surface area contributed by atoms with Crippen LogP contribution in [0.15, 0.2) is 53.2 Å². The van der Waals surface area contributed by atoms with Crippen LogP contribution < -0.4 is 9.47 Å². The Kier molecular flexibility index (Phi) is 4.66. The lowest BCUT2D eigenvalue weighted by Gasteiger charge is -2.08. The molecule has 8 heteroatoms. The number of cyclic esters (lactones) is 1. The number of hydrogen-bond donors (Lipinski definition) is 0. The SMILES string of the molecule is COc1ccc(C2=N/C(=C\c3ccccc3[N+](=O)[O-])C(=O)O2)cc1OC. The normalized spacial score (nSPS) is 14.8. The lowest BCUT2D eigenvalue weighted by atomic mass is 10.1. The first-order valence-electron chi connectivity index (χ1n) is 7.52. The quantitative estimate of drug-likeness (QED) is 0.354. The maximum Gasteiger partial charge on any atom is 0.363 e. The monoisotopic (exact) mass is 354 g/mol. The summed E-state index contributed by atoms with van der Waals surface area (Å²) in [5.41, 5.74) is 0.635. The molecule has 132 valence electrons. The van der Waals surface area contributed by atoms with Crippen LogP contribution in [0.2, 0.25) is 0 Å². The molecule has 0 aliphatic carbocycles. The first-order chi connectivity index (χ1) is 12.5. The molecule has 26 heavy (non-hydrogen) atoms. The molecule has 1 heterocycles. The van der Waals surface area contributed by atoms with Crippen molar-refractivity contribution in [2.24, 2.45) is 4.99 Å². The summed E-state index contributed by atoms with van der Waals surface area (Å²) < 4.78 is 15.6. The van der Waals surface area contributed by atoms with Gasteiger partial charge < -0.3 is 14.2 Å². The van der Waals surface area contributed by atoms with Crippen LogP contribution in [0, 0.1) is 10.1 Å². The number of nitro groups is 1. The standard InChI is InChI=1S/C18H14N2O6/c1-24-15-8-7-12(10-16(15)25-2)17-19-13(18(21)26-17)9-11-5-3-4-6-14(11)20(22)23/h3-10H,1-2H3/b13-9-. The van der Waals surface area contributed by atoms with Gasteiger partial charge in [-0.2, -0.15) is 0 Å². The van der Waals surface area contributed by atoms with Gasteiger partial charge in [0.15, 0.2) is 17.2 Å². The summed E-state index contributed by atoms with van der Waals surface area (Å²) in [5, 5.41) is 11.1. The minimum Gasteiger partial charge on any atom is -0.493 e. The van der Waals surface area contributed by atoms with E-state index in [0.717, 1.165) is 0 Å². The van der Waals surface area contributed by atoms with Crippen LogP contribution in [0.1, 0.15) is 11.1 Å². The highest BCUT2D eigenvalue weighted by Crippen LogP contribution is 2.30. The Bertz CT molecular complexity index is 948. The first kappa shape index (κ1) is 17.2. The number of methoxy groups -OCH3 is 2. The van der Waals surface area contributed by atoms with E-state index in [-0.39, 0.29) is 22.8 Å². The third kappa shape index (κ3) is 3.25. The summed E-state index contributed by atoms with van der Waals surface area (Å²) in [6.07, 6.45) is 1.33. The lowest BCUT2D eigenvalue weighted by Crippen LogP contribution is -2.06. The Labute approximate surface area is 148 Å². The van der Waals surface area contributed by atoms with Crippen LogP contribution in [0.4, 0.5) is 5.69 Å². The molecule has 0 atom stereocenters. The van der Waals surface area contributed by atoms with Crippen LogP contribution in [0.5, 0.6) is 11.5 Å². The van der Waals surface area contributed by atoms with E-state index < -0.39 is 10.9 Å². The fourth-order valence-corrected chi connectivity index (χ4v) is 2.43. The van der Waals surface area contributed by atoms with Gasteiger partial charge in [-0.05, 0) is 30.3 Å². The second kappa shape index (κ2) is 7.06. The molecule has 0 radical (unpaired) electrons. The van der Waals surface area contributed by atoms with Gasteiger partial charge in [-0.25, -0.2) is 9.79 Å². The second-order valence-corrected chi connectivity index (χ2v) is 5.22. The molecule has 1 aliphatic rings. The third-order valence-corrected chi connectivity index (χ3v) is 3.68. The maximum absolute atomic E-state index is 12.1.